The number of guanidine groups is 1. The predicted molar refractivity (Wildman–Crippen MR) is 63.2 cm³/mol. The molecule has 0 aliphatic rings. The minimum absolute atomic E-state index is 0. The SMILES string of the molecule is NC(N)=NC(=O)c1nc(Cl)c(N)nc1N.O.O.[Cl-]. The molecule has 0 radical (unpaired) electrons. The van der Waals surface area contributed by atoms with Gasteiger partial charge in [-0.25, -0.2) is 9.97 Å². The third-order valence-corrected chi connectivity index (χ3v) is 1.62. The van der Waals surface area contributed by atoms with E-state index in [9.17, 15) is 4.79 Å². The van der Waals surface area contributed by atoms with Crippen LogP contribution in [0.25, 0.3) is 0 Å². The average molecular weight is 301 g/mol. The van der Waals surface area contributed by atoms with Gasteiger partial charge in [-0.15, -0.1) is 0 Å². The second-order valence-corrected chi connectivity index (χ2v) is 2.83. The van der Waals surface area contributed by atoms with E-state index in [1.807, 2.05) is 0 Å². The van der Waals surface area contributed by atoms with Crippen LogP contribution in [0, 0.1) is 0 Å². The van der Waals surface area contributed by atoms with E-state index in [0.717, 1.165) is 0 Å². The van der Waals surface area contributed by atoms with Crippen molar-refractivity contribution in [2.45, 2.75) is 0 Å². The zero-order valence-electron chi connectivity index (χ0n) is 8.82. The Kier molecular flexibility index (Phi) is 9.81. The fourth-order valence-electron chi connectivity index (χ4n) is 0.769. The lowest BCUT2D eigenvalue weighted by Gasteiger charge is -2.02. The number of nitrogens with two attached hydrogens (primary N) is 4. The van der Waals surface area contributed by atoms with Crippen molar-refractivity contribution >= 4 is 35.1 Å². The molecule has 12 heteroatoms. The lowest BCUT2D eigenvalue weighted by molar-refractivity contribution is -0.0000141. The predicted octanol–water partition coefficient (Wildman–Crippen LogP) is -5.94. The number of nitrogen functional groups attached to an aromatic ring is 2. The zero-order chi connectivity index (χ0) is 11.6. The van der Waals surface area contributed by atoms with Crippen LogP contribution in [0.15, 0.2) is 4.99 Å². The zero-order valence-corrected chi connectivity index (χ0v) is 10.3. The Morgan fingerprint density at radius 2 is 1.61 bits per heavy atom. The number of anilines is 2. The molecule has 1 heterocycles. The fourth-order valence-corrected chi connectivity index (χ4v) is 0.896. The van der Waals surface area contributed by atoms with E-state index >= 15 is 0 Å². The van der Waals surface area contributed by atoms with Crippen LogP contribution in [0.5, 0.6) is 0 Å². The van der Waals surface area contributed by atoms with Gasteiger partial charge in [-0.05, 0) is 0 Å². The fraction of sp³-hybridized carbons (Fsp3) is 0. The molecule has 1 aromatic rings. The molecular formula is C6H12Cl2N7O3-. The summed E-state index contributed by atoms with van der Waals surface area (Å²) in [4.78, 5) is 21.7. The molecule has 0 fully saturated rings. The van der Waals surface area contributed by atoms with E-state index in [1.54, 1.807) is 0 Å². The van der Waals surface area contributed by atoms with Gasteiger partial charge in [-0.3, -0.25) is 4.79 Å². The standard InChI is InChI=1S/C6H8ClN7O.ClH.2H2O/c7-2-4(9)13-3(8)1(12-2)5(15)14-6(10)11;;;/h(H4,8,9,13)(H4,10,11,14,15);1H;2*1H2/p-1. The molecule has 12 N–H and O–H groups in total. The third-order valence-electron chi connectivity index (χ3n) is 1.34. The van der Waals surface area contributed by atoms with Gasteiger partial charge in [-0.2, -0.15) is 4.99 Å². The van der Waals surface area contributed by atoms with E-state index in [0.29, 0.717) is 0 Å². The second kappa shape index (κ2) is 8.25. The van der Waals surface area contributed by atoms with Crippen LogP contribution in [0.3, 0.4) is 0 Å². The molecule has 0 unspecified atom stereocenters. The molecule has 0 bridgehead atoms. The summed E-state index contributed by atoms with van der Waals surface area (Å²) in [6, 6.07) is 0. The van der Waals surface area contributed by atoms with E-state index in [4.69, 9.17) is 34.5 Å². The maximum Gasteiger partial charge on any atom is 0.302 e. The molecule has 104 valence electrons. The number of hydrogen-bond acceptors (Lipinski definition) is 5. The van der Waals surface area contributed by atoms with Crippen LogP contribution in [-0.2, 0) is 0 Å². The lowest BCUT2D eigenvalue weighted by atomic mass is 10.4. The molecule has 0 saturated heterocycles. The highest BCUT2D eigenvalue weighted by atomic mass is 35.5. The Bertz CT molecular complexity index is 449. The summed E-state index contributed by atoms with van der Waals surface area (Å²) in [7, 11) is 0. The van der Waals surface area contributed by atoms with Crippen molar-refractivity contribution in [2.75, 3.05) is 11.5 Å². The van der Waals surface area contributed by atoms with Crippen LogP contribution < -0.4 is 35.3 Å². The van der Waals surface area contributed by atoms with Gasteiger partial charge in [0, 0.05) is 0 Å². The monoisotopic (exact) mass is 300 g/mol. The summed E-state index contributed by atoms with van der Waals surface area (Å²) < 4.78 is 0. The summed E-state index contributed by atoms with van der Waals surface area (Å²) >= 11 is 5.55. The Morgan fingerprint density at radius 3 is 2.06 bits per heavy atom. The summed E-state index contributed by atoms with van der Waals surface area (Å²) in [5.74, 6) is -1.50. The van der Waals surface area contributed by atoms with Crippen molar-refractivity contribution in [3.05, 3.63) is 10.8 Å². The van der Waals surface area contributed by atoms with Crippen molar-refractivity contribution in [1.82, 2.24) is 9.97 Å². The molecule has 10 nitrogen and oxygen atoms in total. The maximum absolute atomic E-state index is 11.3. The molecule has 18 heavy (non-hydrogen) atoms. The Labute approximate surface area is 112 Å². The number of halogens is 2. The van der Waals surface area contributed by atoms with Gasteiger partial charge in [0.2, 0.25) is 0 Å². The van der Waals surface area contributed by atoms with Gasteiger partial charge in [0.15, 0.2) is 28.4 Å². The molecule has 1 amide bonds. The Balaban J connectivity index is -0.000000750. The van der Waals surface area contributed by atoms with Gasteiger partial charge < -0.3 is 46.3 Å². The number of nitrogens with zero attached hydrogens (tertiary/aromatic N) is 3. The minimum atomic E-state index is -0.832. The van der Waals surface area contributed by atoms with Crippen molar-refractivity contribution < 1.29 is 28.2 Å². The van der Waals surface area contributed by atoms with Crippen molar-refractivity contribution in [3.8, 4) is 0 Å². The molecule has 1 rings (SSSR count). The average Bonchev–Trinajstić information content (AvgIpc) is 2.09. The molecule has 0 aromatic carbocycles. The van der Waals surface area contributed by atoms with Gasteiger partial charge >= 0.3 is 5.91 Å². The molecule has 0 aliphatic heterocycles. The molecule has 1 aromatic heterocycles. The maximum atomic E-state index is 11.3. The molecule has 0 spiro atoms. The van der Waals surface area contributed by atoms with Crippen LogP contribution in [0.2, 0.25) is 5.15 Å². The second-order valence-electron chi connectivity index (χ2n) is 2.48. The number of amides is 1. The smallest absolute Gasteiger partial charge is 0.302 e. The van der Waals surface area contributed by atoms with E-state index in [1.165, 1.54) is 0 Å². The minimum Gasteiger partial charge on any atom is -1.00 e. The summed E-state index contributed by atoms with van der Waals surface area (Å²) in [6.45, 7) is 0. The van der Waals surface area contributed by atoms with Crippen molar-refractivity contribution in [2.24, 2.45) is 16.5 Å². The summed E-state index contributed by atoms with van der Waals surface area (Å²) in [6.07, 6.45) is 0. The number of carbonyl (C=O) groups excluding carboxylic acids is 1. The topological polar surface area (TPSA) is 222 Å². The number of aromatic nitrogens is 2. The number of aliphatic imine (C=N–C) groups is 1. The third kappa shape index (κ3) is 4.97. The van der Waals surface area contributed by atoms with E-state index < -0.39 is 11.9 Å². The summed E-state index contributed by atoms with van der Waals surface area (Å²) in [5, 5.41) is -0.140. The number of rotatable bonds is 1. The van der Waals surface area contributed by atoms with E-state index in [2.05, 4.69) is 15.0 Å². The van der Waals surface area contributed by atoms with Gasteiger partial charge in [0.05, 0.1) is 0 Å². The first-order valence-electron chi connectivity index (χ1n) is 3.64. The highest BCUT2D eigenvalue weighted by molar-refractivity contribution is 6.31. The Hall–Kier alpha value is -1.88. The van der Waals surface area contributed by atoms with Gasteiger partial charge in [-0.1, -0.05) is 11.6 Å². The van der Waals surface area contributed by atoms with Gasteiger partial charge in [0.1, 0.15) is 0 Å². The summed E-state index contributed by atoms with van der Waals surface area (Å²) in [5.41, 5.74) is 20.5. The quantitative estimate of drug-likeness (QED) is 0.290. The highest BCUT2D eigenvalue weighted by Gasteiger charge is 2.15. The first kappa shape index (κ1) is 21.4. The lowest BCUT2D eigenvalue weighted by Crippen LogP contribution is -3.00. The molecule has 0 aliphatic carbocycles. The van der Waals surface area contributed by atoms with Crippen LogP contribution >= 0.6 is 11.6 Å². The van der Waals surface area contributed by atoms with Gasteiger partial charge in [0.25, 0.3) is 0 Å². The van der Waals surface area contributed by atoms with E-state index in [-0.39, 0.29) is 45.8 Å². The molecule has 0 atom stereocenters. The number of carbonyl (C=O) groups is 1. The van der Waals surface area contributed by atoms with Crippen LogP contribution in [0.1, 0.15) is 10.5 Å². The largest absolute Gasteiger partial charge is 1.00 e. The van der Waals surface area contributed by atoms with Crippen LogP contribution in [0.4, 0.5) is 11.6 Å². The highest BCUT2D eigenvalue weighted by Crippen LogP contribution is 2.17. The first-order chi connectivity index (χ1) is 6.91. The van der Waals surface area contributed by atoms with Crippen LogP contribution in [-0.4, -0.2) is 32.8 Å². The molecule has 0 saturated carbocycles. The number of hydrogen-bond donors (Lipinski definition) is 4. The normalized spacial score (nSPS) is 8.06. The first-order valence-corrected chi connectivity index (χ1v) is 4.02. The van der Waals surface area contributed by atoms with Crippen molar-refractivity contribution in [3.63, 3.8) is 0 Å². The van der Waals surface area contributed by atoms with Crippen molar-refractivity contribution in [1.29, 1.82) is 0 Å². The molecular weight excluding hydrogens is 289 g/mol. The Morgan fingerprint density at radius 1 is 1.11 bits per heavy atom.